The van der Waals surface area contributed by atoms with Crippen LogP contribution in [0.5, 0.6) is 0 Å². The van der Waals surface area contributed by atoms with Crippen molar-refractivity contribution in [3.63, 3.8) is 0 Å². The highest BCUT2D eigenvalue weighted by Crippen LogP contribution is 2.33. The fourth-order valence-electron chi connectivity index (χ4n) is 2.26. The highest BCUT2D eigenvalue weighted by molar-refractivity contribution is 7.11. The molecule has 2 nitrogen and oxygen atoms in total. The van der Waals surface area contributed by atoms with Crippen molar-refractivity contribution >= 4 is 46.2 Å². The maximum absolute atomic E-state index is 9.51. The van der Waals surface area contributed by atoms with Crippen LogP contribution in [0.3, 0.4) is 0 Å². The zero-order chi connectivity index (χ0) is 17.1. The van der Waals surface area contributed by atoms with Crippen LogP contribution in [0, 0.1) is 18.3 Å². The number of halogens is 2. The number of aryl methyl sites for hydroxylation is 1. The quantitative estimate of drug-likeness (QED) is 0.494. The predicted molar refractivity (Wildman–Crippen MR) is 102 cm³/mol. The van der Waals surface area contributed by atoms with Crippen LogP contribution >= 0.6 is 34.5 Å². The Morgan fingerprint density at radius 1 is 1.21 bits per heavy atom. The Hall–Kier alpha value is -2.12. The molecule has 0 bridgehead atoms. The van der Waals surface area contributed by atoms with Gasteiger partial charge in [-0.3, -0.25) is 0 Å². The van der Waals surface area contributed by atoms with Gasteiger partial charge in [-0.2, -0.15) is 5.26 Å². The first-order valence-electron chi connectivity index (χ1n) is 7.17. The summed E-state index contributed by atoms with van der Waals surface area (Å²) >= 11 is 13.6. The molecule has 1 aromatic heterocycles. The molecule has 3 rings (SSSR count). The van der Waals surface area contributed by atoms with E-state index in [1.165, 1.54) is 11.3 Å². The maximum Gasteiger partial charge on any atom is 0.134 e. The predicted octanol–water partition coefficient (Wildman–Crippen LogP) is 6.49. The van der Waals surface area contributed by atoms with E-state index in [4.69, 9.17) is 23.2 Å². The number of allylic oxidation sites excluding steroid dienone is 1. The minimum Gasteiger partial charge on any atom is -0.235 e. The molecular weight excluding hydrogens is 359 g/mol. The summed E-state index contributed by atoms with van der Waals surface area (Å²) in [5, 5.41) is 13.2. The third kappa shape index (κ3) is 3.52. The second-order valence-corrected chi connectivity index (χ2v) is 6.89. The van der Waals surface area contributed by atoms with Crippen molar-refractivity contribution in [3.8, 4) is 17.3 Å². The Morgan fingerprint density at radius 2 is 2.00 bits per heavy atom. The maximum atomic E-state index is 9.51. The van der Waals surface area contributed by atoms with E-state index in [1.807, 2.05) is 48.7 Å². The van der Waals surface area contributed by atoms with Crippen LogP contribution in [0.15, 0.2) is 47.8 Å². The van der Waals surface area contributed by atoms with E-state index in [0.29, 0.717) is 20.6 Å². The molecule has 0 atom stereocenters. The Labute approximate surface area is 154 Å². The number of rotatable bonds is 3. The summed E-state index contributed by atoms with van der Waals surface area (Å²) in [5.74, 6) is 0. The van der Waals surface area contributed by atoms with Gasteiger partial charge in [0.05, 0.1) is 16.3 Å². The number of thiazole rings is 1. The number of hydrogen-bond donors (Lipinski definition) is 0. The van der Waals surface area contributed by atoms with Crippen molar-refractivity contribution in [2.45, 2.75) is 6.92 Å². The van der Waals surface area contributed by atoms with Crippen molar-refractivity contribution in [1.82, 2.24) is 4.98 Å². The van der Waals surface area contributed by atoms with Crippen molar-refractivity contribution in [1.29, 1.82) is 5.26 Å². The summed E-state index contributed by atoms with van der Waals surface area (Å²) in [6.07, 6.45) is 1.86. The molecule has 0 unspecified atom stereocenters. The topological polar surface area (TPSA) is 36.7 Å². The first-order valence-corrected chi connectivity index (χ1v) is 8.81. The zero-order valence-corrected chi connectivity index (χ0v) is 15.1. The molecule has 0 aliphatic rings. The first-order chi connectivity index (χ1) is 11.6. The monoisotopic (exact) mass is 370 g/mol. The SMILES string of the molecule is Cc1ccccc1C=C(C#N)c1nc(-c2ccc(Cl)cc2Cl)cs1. The van der Waals surface area contributed by atoms with Crippen LogP contribution in [0.25, 0.3) is 22.9 Å². The molecule has 3 aromatic rings. The van der Waals surface area contributed by atoms with Crippen molar-refractivity contribution in [2.24, 2.45) is 0 Å². The van der Waals surface area contributed by atoms with Gasteiger partial charge in [-0.25, -0.2) is 4.98 Å². The van der Waals surface area contributed by atoms with E-state index in [9.17, 15) is 5.26 Å². The summed E-state index contributed by atoms with van der Waals surface area (Å²) in [4.78, 5) is 4.57. The van der Waals surface area contributed by atoms with Gasteiger partial charge in [0.25, 0.3) is 0 Å². The van der Waals surface area contributed by atoms with Gasteiger partial charge in [-0.05, 0) is 42.3 Å². The Bertz CT molecular complexity index is 967. The van der Waals surface area contributed by atoms with Crippen LogP contribution < -0.4 is 0 Å². The second-order valence-electron chi connectivity index (χ2n) is 5.19. The molecule has 0 aliphatic carbocycles. The molecule has 0 aliphatic heterocycles. The van der Waals surface area contributed by atoms with Gasteiger partial charge in [-0.15, -0.1) is 11.3 Å². The number of nitriles is 1. The molecule has 0 saturated heterocycles. The van der Waals surface area contributed by atoms with Crippen molar-refractivity contribution in [2.75, 3.05) is 0 Å². The number of nitrogens with zero attached hydrogens (tertiary/aromatic N) is 2. The summed E-state index contributed by atoms with van der Waals surface area (Å²) in [5.41, 5.74) is 4.20. The molecule has 0 fully saturated rings. The molecular formula is C19H12Cl2N2S. The second kappa shape index (κ2) is 7.19. The summed E-state index contributed by atoms with van der Waals surface area (Å²) in [6.45, 7) is 2.02. The highest BCUT2D eigenvalue weighted by atomic mass is 35.5. The zero-order valence-electron chi connectivity index (χ0n) is 12.8. The fraction of sp³-hybridized carbons (Fsp3) is 0.0526. The molecule has 0 radical (unpaired) electrons. The molecule has 5 heteroatoms. The third-order valence-electron chi connectivity index (χ3n) is 3.55. The molecule has 2 aromatic carbocycles. The van der Waals surface area contributed by atoms with Gasteiger partial charge >= 0.3 is 0 Å². The van der Waals surface area contributed by atoms with E-state index in [2.05, 4.69) is 11.1 Å². The lowest BCUT2D eigenvalue weighted by Gasteiger charge is -2.01. The lowest BCUT2D eigenvalue weighted by atomic mass is 10.1. The van der Waals surface area contributed by atoms with E-state index in [1.54, 1.807) is 12.1 Å². The molecule has 0 spiro atoms. The van der Waals surface area contributed by atoms with Crippen LogP contribution in [0.2, 0.25) is 10.0 Å². The van der Waals surface area contributed by atoms with Crippen LogP contribution in [-0.2, 0) is 0 Å². The van der Waals surface area contributed by atoms with Gasteiger partial charge in [0.2, 0.25) is 0 Å². The summed E-state index contributed by atoms with van der Waals surface area (Å²) in [6, 6.07) is 15.5. The minimum atomic E-state index is 0.533. The highest BCUT2D eigenvalue weighted by Gasteiger charge is 2.12. The number of benzene rings is 2. The van der Waals surface area contributed by atoms with Crippen LogP contribution in [0.1, 0.15) is 16.1 Å². The van der Waals surface area contributed by atoms with Gasteiger partial charge in [0.15, 0.2) is 0 Å². The third-order valence-corrected chi connectivity index (χ3v) is 4.97. The van der Waals surface area contributed by atoms with E-state index < -0.39 is 0 Å². The molecule has 0 saturated carbocycles. The summed E-state index contributed by atoms with van der Waals surface area (Å²) in [7, 11) is 0. The van der Waals surface area contributed by atoms with Crippen LogP contribution in [-0.4, -0.2) is 4.98 Å². The Balaban J connectivity index is 2.00. The van der Waals surface area contributed by atoms with E-state index in [0.717, 1.165) is 22.4 Å². The smallest absolute Gasteiger partial charge is 0.134 e. The number of aromatic nitrogens is 1. The standard InChI is InChI=1S/C19H12Cl2N2S/c1-12-4-2-3-5-13(12)8-14(10-22)19-23-18(11-24-19)16-7-6-15(20)9-17(16)21/h2-9,11H,1H3. The van der Waals surface area contributed by atoms with Crippen LogP contribution in [0.4, 0.5) is 0 Å². The van der Waals surface area contributed by atoms with Gasteiger partial charge < -0.3 is 0 Å². The average molecular weight is 371 g/mol. The van der Waals surface area contributed by atoms with Crippen molar-refractivity contribution < 1.29 is 0 Å². The first kappa shape index (κ1) is 16.7. The molecule has 1 heterocycles. The van der Waals surface area contributed by atoms with E-state index in [-0.39, 0.29) is 0 Å². The van der Waals surface area contributed by atoms with Gasteiger partial charge in [0, 0.05) is 16.0 Å². The normalized spacial score (nSPS) is 11.3. The lowest BCUT2D eigenvalue weighted by molar-refractivity contribution is 1.37. The molecule has 24 heavy (non-hydrogen) atoms. The van der Waals surface area contributed by atoms with Gasteiger partial charge in [0.1, 0.15) is 11.1 Å². The molecule has 118 valence electrons. The largest absolute Gasteiger partial charge is 0.235 e. The lowest BCUT2D eigenvalue weighted by Crippen LogP contribution is -1.85. The number of hydrogen-bond acceptors (Lipinski definition) is 3. The Kier molecular flexibility index (Phi) is 5.01. The summed E-state index contributed by atoms with van der Waals surface area (Å²) < 4.78 is 0. The van der Waals surface area contributed by atoms with Crippen molar-refractivity contribution in [3.05, 3.63) is 74.0 Å². The van der Waals surface area contributed by atoms with E-state index >= 15 is 0 Å². The minimum absolute atomic E-state index is 0.533. The fourth-order valence-corrected chi connectivity index (χ4v) is 3.56. The molecule has 0 N–H and O–H groups in total. The Morgan fingerprint density at radius 3 is 2.71 bits per heavy atom. The molecule has 0 amide bonds. The van der Waals surface area contributed by atoms with Gasteiger partial charge in [-0.1, -0.05) is 47.5 Å². The average Bonchev–Trinajstić information content (AvgIpc) is 3.03.